The van der Waals surface area contributed by atoms with E-state index in [4.69, 9.17) is 4.42 Å². The fourth-order valence-electron chi connectivity index (χ4n) is 1.28. The number of aromatic nitrogens is 2. The number of aryl methyl sites for hydroxylation is 1. The molecule has 0 saturated heterocycles. The molecule has 0 spiro atoms. The molecule has 1 N–H and O–H groups in total. The number of nitrogens with one attached hydrogen (secondary N) is 1. The van der Waals surface area contributed by atoms with Crippen molar-refractivity contribution in [1.82, 2.24) is 15.1 Å². The number of halogens is 1. The smallest absolute Gasteiger partial charge is 0.117 e. The van der Waals surface area contributed by atoms with Crippen LogP contribution in [0.15, 0.2) is 35.1 Å². The molecule has 2 aromatic heterocycles. The van der Waals surface area contributed by atoms with Crippen LogP contribution >= 0.6 is 12.4 Å². The van der Waals surface area contributed by atoms with Crippen molar-refractivity contribution in [3.8, 4) is 0 Å². The van der Waals surface area contributed by atoms with Gasteiger partial charge in [-0.05, 0) is 18.2 Å². The molecular weight excluding hydrogens is 214 g/mol. The van der Waals surface area contributed by atoms with E-state index in [0.29, 0.717) is 0 Å². The lowest BCUT2D eigenvalue weighted by Gasteiger charge is -1.98. The van der Waals surface area contributed by atoms with Crippen molar-refractivity contribution in [1.29, 1.82) is 0 Å². The highest BCUT2D eigenvalue weighted by Gasteiger charge is 1.97. The summed E-state index contributed by atoms with van der Waals surface area (Å²) in [7, 11) is 1.91. The highest BCUT2D eigenvalue weighted by Crippen LogP contribution is 1.99. The minimum atomic E-state index is 0. The first-order valence-corrected chi connectivity index (χ1v) is 4.56. The fraction of sp³-hybridized carbons (Fsp3) is 0.300. The summed E-state index contributed by atoms with van der Waals surface area (Å²) in [5.74, 6) is 0.945. The van der Waals surface area contributed by atoms with Crippen molar-refractivity contribution in [2.24, 2.45) is 7.05 Å². The van der Waals surface area contributed by atoms with Crippen molar-refractivity contribution in [2.75, 3.05) is 0 Å². The zero-order chi connectivity index (χ0) is 9.80. The minimum absolute atomic E-state index is 0. The summed E-state index contributed by atoms with van der Waals surface area (Å²) in [4.78, 5) is 0. The summed E-state index contributed by atoms with van der Waals surface area (Å²) < 4.78 is 6.98. The second kappa shape index (κ2) is 5.58. The molecule has 0 bridgehead atoms. The van der Waals surface area contributed by atoms with Gasteiger partial charge in [-0.25, -0.2) is 0 Å². The van der Waals surface area contributed by atoms with Gasteiger partial charge in [-0.15, -0.1) is 12.4 Å². The van der Waals surface area contributed by atoms with Gasteiger partial charge in [0.15, 0.2) is 0 Å². The summed E-state index contributed by atoms with van der Waals surface area (Å²) in [6.07, 6.45) is 3.61. The molecule has 2 rings (SSSR count). The van der Waals surface area contributed by atoms with E-state index in [0.717, 1.165) is 24.5 Å². The van der Waals surface area contributed by atoms with Crippen LogP contribution < -0.4 is 5.32 Å². The Bertz CT molecular complexity index is 383. The normalized spacial score (nSPS) is 9.93. The van der Waals surface area contributed by atoms with Gasteiger partial charge in [0.2, 0.25) is 0 Å². The van der Waals surface area contributed by atoms with E-state index < -0.39 is 0 Å². The van der Waals surface area contributed by atoms with Gasteiger partial charge in [-0.1, -0.05) is 0 Å². The zero-order valence-corrected chi connectivity index (χ0v) is 9.33. The largest absolute Gasteiger partial charge is 0.468 e. The van der Waals surface area contributed by atoms with Crippen LogP contribution in [0.2, 0.25) is 0 Å². The molecule has 5 heteroatoms. The standard InChI is InChI=1S/C10H13N3O.ClH/c1-13-5-4-9(12-13)7-11-8-10-3-2-6-14-10;/h2-6,11H,7-8H2,1H3;1H. The van der Waals surface area contributed by atoms with E-state index in [-0.39, 0.29) is 12.4 Å². The average molecular weight is 228 g/mol. The molecule has 4 nitrogen and oxygen atoms in total. The first-order valence-electron chi connectivity index (χ1n) is 4.56. The van der Waals surface area contributed by atoms with Gasteiger partial charge >= 0.3 is 0 Å². The molecule has 2 aromatic rings. The Morgan fingerprint density at radius 3 is 2.87 bits per heavy atom. The Balaban J connectivity index is 0.00000112. The second-order valence-corrected chi connectivity index (χ2v) is 3.16. The molecule has 0 amide bonds. The minimum Gasteiger partial charge on any atom is -0.468 e. The van der Waals surface area contributed by atoms with Crippen LogP contribution in [0.3, 0.4) is 0 Å². The third kappa shape index (κ3) is 3.42. The van der Waals surface area contributed by atoms with Crippen LogP contribution in [-0.4, -0.2) is 9.78 Å². The average Bonchev–Trinajstić information content (AvgIpc) is 2.77. The van der Waals surface area contributed by atoms with E-state index in [1.54, 1.807) is 10.9 Å². The van der Waals surface area contributed by atoms with Crippen LogP contribution in [0.5, 0.6) is 0 Å². The van der Waals surface area contributed by atoms with Gasteiger partial charge in [0.1, 0.15) is 5.76 Å². The molecule has 0 atom stereocenters. The van der Waals surface area contributed by atoms with Gasteiger partial charge in [-0.3, -0.25) is 4.68 Å². The number of hydrogen-bond donors (Lipinski definition) is 1. The Morgan fingerprint density at radius 2 is 2.27 bits per heavy atom. The number of hydrogen-bond acceptors (Lipinski definition) is 3. The van der Waals surface area contributed by atoms with Crippen molar-refractivity contribution < 1.29 is 4.42 Å². The molecule has 0 radical (unpaired) electrons. The molecule has 0 fully saturated rings. The molecule has 2 heterocycles. The number of furan rings is 1. The lowest BCUT2D eigenvalue weighted by Crippen LogP contribution is -2.12. The van der Waals surface area contributed by atoms with E-state index in [2.05, 4.69) is 10.4 Å². The van der Waals surface area contributed by atoms with Gasteiger partial charge in [0.05, 0.1) is 18.5 Å². The van der Waals surface area contributed by atoms with E-state index in [1.807, 2.05) is 31.4 Å². The molecule has 0 aliphatic heterocycles. The van der Waals surface area contributed by atoms with Crippen LogP contribution in [-0.2, 0) is 20.1 Å². The third-order valence-corrected chi connectivity index (χ3v) is 1.95. The molecule has 0 unspecified atom stereocenters. The third-order valence-electron chi connectivity index (χ3n) is 1.95. The maximum Gasteiger partial charge on any atom is 0.117 e. The van der Waals surface area contributed by atoms with E-state index in [1.165, 1.54) is 0 Å². The Hall–Kier alpha value is -1.26. The lowest BCUT2D eigenvalue weighted by atomic mass is 10.4. The zero-order valence-electron chi connectivity index (χ0n) is 8.51. The van der Waals surface area contributed by atoms with E-state index >= 15 is 0 Å². The molecule has 0 aliphatic carbocycles. The maximum absolute atomic E-state index is 5.19. The maximum atomic E-state index is 5.19. The summed E-state index contributed by atoms with van der Waals surface area (Å²) >= 11 is 0. The highest BCUT2D eigenvalue weighted by atomic mass is 35.5. The van der Waals surface area contributed by atoms with Gasteiger partial charge in [0, 0.05) is 19.8 Å². The highest BCUT2D eigenvalue weighted by molar-refractivity contribution is 5.85. The van der Waals surface area contributed by atoms with Crippen LogP contribution in [0.4, 0.5) is 0 Å². The summed E-state index contributed by atoms with van der Waals surface area (Å²) in [5.41, 5.74) is 1.04. The Kier molecular flexibility index (Phi) is 4.39. The first kappa shape index (κ1) is 11.8. The topological polar surface area (TPSA) is 43.0 Å². The first-order chi connectivity index (χ1) is 6.84. The van der Waals surface area contributed by atoms with E-state index in [9.17, 15) is 0 Å². The number of rotatable bonds is 4. The monoisotopic (exact) mass is 227 g/mol. The summed E-state index contributed by atoms with van der Waals surface area (Å²) in [6, 6.07) is 5.83. The van der Waals surface area contributed by atoms with Crippen molar-refractivity contribution in [2.45, 2.75) is 13.1 Å². The summed E-state index contributed by atoms with van der Waals surface area (Å²) in [6.45, 7) is 1.51. The van der Waals surface area contributed by atoms with Crippen molar-refractivity contribution in [3.63, 3.8) is 0 Å². The SMILES string of the molecule is Cl.Cn1ccc(CNCc2ccco2)n1. The van der Waals surface area contributed by atoms with Gasteiger partial charge in [-0.2, -0.15) is 5.10 Å². The quantitative estimate of drug-likeness (QED) is 0.865. The molecular formula is C10H14ClN3O. The molecule has 82 valence electrons. The van der Waals surface area contributed by atoms with Crippen molar-refractivity contribution in [3.05, 3.63) is 42.1 Å². The van der Waals surface area contributed by atoms with Crippen LogP contribution in [0, 0.1) is 0 Å². The second-order valence-electron chi connectivity index (χ2n) is 3.16. The van der Waals surface area contributed by atoms with Gasteiger partial charge in [0.25, 0.3) is 0 Å². The van der Waals surface area contributed by atoms with Crippen LogP contribution in [0.1, 0.15) is 11.5 Å². The lowest BCUT2D eigenvalue weighted by molar-refractivity contribution is 0.481. The van der Waals surface area contributed by atoms with Gasteiger partial charge < -0.3 is 9.73 Å². The van der Waals surface area contributed by atoms with Crippen LogP contribution in [0.25, 0.3) is 0 Å². The fourth-order valence-corrected chi connectivity index (χ4v) is 1.28. The van der Waals surface area contributed by atoms with Crippen molar-refractivity contribution >= 4 is 12.4 Å². The molecule has 0 saturated carbocycles. The predicted octanol–water partition coefficient (Wildman–Crippen LogP) is 1.72. The molecule has 15 heavy (non-hydrogen) atoms. The molecule has 0 aliphatic rings. The Morgan fingerprint density at radius 1 is 1.40 bits per heavy atom. The summed E-state index contributed by atoms with van der Waals surface area (Å²) in [5, 5.41) is 7.50. The molecule has 0 aromatic carbocycles. The predicted molar refractivity (Wildman–Crippen MR) is 59.7 cm³/mol. The number of nitrogens with zero attached hydrogens (tertiary/aromatic N) is 2. The Labute approximate surface area is 94.7 Å².